The number of para-hydroxylation sites is 1. The van der Waals surface area contributed by atoms with Crippen LogP contribution in [0.5, 0.6) is 0 Å². The average Bonchev–Trinajstić information content (AvgIpc) is 2.46. The summed E-state index contributed by atoms with van der Waals surface area (Å²) in [6, 6.07) is 8.26. The fraction of sp³-hybridized carbons (Fsp3) is 0.300. The Bertz CT molecular complexity index is 332. The van der Waals surface area contributed by atoms with E-state index in [1.807, 2.05) is 6.07 Å². The molecule has 0 N–H and O–H groups in total. The zero-order valence-corrected chi connectivity index (χ0v) is 7.19. The van der Waals surface area contributed by atoms with Crippen LogP contribution in [-0.2, 0) is 6.42 Å². The Kier molecular flexibility index (Phi) is 2.82. The fourth-order valence-corrected chi connectivity index (χ4v) is 1.98. The molecule has 1 aromatic heterocycles. The van der Waals surface area contributed by atoms with Crippen molar-refractivity contribution < 1.29 is 0 Å². The van der Waals surface area contributed by atoms with E-state index in [4.69, 9.17) is 0 Å². The lowest BCUT2D eigenvalue weighted by molar-refractivity contribution is 1.11. The quantitative estimate of drug-likeness (QED) is 0.653. The van der Waals surface area contributed by atoms with Gasteiger partial charge in [-0.2, -0.15) is 0 Å². The third-order valence-electron chi connectivity index (χ3n) is 1.64. The van der Waals surface area contributed by atoms with Gasteiger partial charge in [-0.25, -0.2) is 4.98 Å². The minimum Gasteiger partial charge on any atom is -0.241 e. The smallest absolute Gasteiger partial charge is 0.0935 e. The first kappa shape index (κ1) is 9.20. The van der Waals surface area contributed by atoms with Crippen molar-refractivity contribution in [1.82, 2.24) is 4.98 Å². The Morgan fingerprint density at radius 2 is 2.08 bits per heavy atom. The zero-order chi connectivity index (χ0) is 7.68. The van der Waals surface area contributed by atoms with Crippen LogP contribution in [0.25, 0.3) is 10.2 Å². The lowest BCUT2D eigenvalue weighted by Gasteiger charge is -1.80. The number of aromatic nitrogens is 1. The summed E-state index contributed by atoms with van der Waals surface area (Å²) in [6.07, 6.45) is 1.04. The van der Waals surface area contributed by atoms with Crippen LogP contribution in [0, 0.1) is 0 Å². The van der Waals surface area contributed by atoms with E-state index in [1.54, 1.807) is 11.3 Å². The third kappa shape index (κ3) is 1.48. The molecule has 0 aliphatic rings. The van der Waals surface area contributed by atoms with Crippen molar-refractivity contribution in [2.45, 2.75) is 20.8 Å². The van der Waals surface area contributed by atoms with Crippen molar-refractivity contribution in [3.63, 3.8) is 0 Å². The molecule has 1 nitrogen and oxygen atoms in total. The molecule has 0 aliphatic heterocycles. The van der Waals surface area contributed by atoms with Gasteiger partial charge in [0.05, 0.1) is 15.2 Å². The number of fused-ring (bicyclic) bond motifs is 1. The highest BCUT2D eigenvalue weighted by molar-refractivity contribution is 7.18. The highest BCUT2D eigenvalue weighted by Crippen LogP contribution is 2.21. The van der Waals surface area contributed by atoms with E-state index in [0.29, 0.717) is 0 Å². The van der Waals surface area contributed by atoms with Gasteiger partial charge in [0.15, 0.2) is 0 Å². The van der Waals surface area contributed by atoms with Gasteiger partial charge in [0.25, 0.3) is 0 Å². The molecule has 0 bridgehead atoms. The number of thiazole rings is 1. The van der Waals surface area contributed by atoms with Gasteiger partial charge in [-0.1, -0.05) is 26.5 Å². The second-order valence-electron chi connectivity index (χ2n) is 2.43. The Morgan fingerprint density at radius 3 is 2.75 bits per heavy atom. The molecule has 64 valence electrons. The predicted octanol–water partition coefficient (Wildman–Crippen LogP) is 3.49. The van der Waals surface area contributed by atoms with Gasteiger partial charge in [0, 0.05) is 0 Å². The number of rotatable bonds is 1. The highest BCUT2D eigenvalue weighted by atomic mass is 32.1. The van der Waals surface area contributed by atoms with Crippen LogP contribution in [0.1, 0.15) is 19.4 Å². The second-order valence-corrected chi connectivity index (χ2v) is 3.54. The van der Waals surface area contributed by atoms with E-state index in [-0.39, 0.29) is 7.43 Å². The SMILES string of the molecule is C.CCc1nc2ccccc2s1. The standard InChI is InChI=1S/C9H9NS.CH4/c1-2-9-10-7-5-3-4-6-8(7)11-9;/h3-6H,2H2,1H3;1H4. The Labute approximate surface area is 77.1 Å². The van der Waals surface area contributed by atoms with Crippen LogP contribution in [-0.4, -0.2) is 4.98 Å². The Morgan fingerprint density at radius 1 is 1.33 bits per heavy atom. The predicted molar refractivity (Wildman–Crippen MR) is 55.7 cm³/mol. The first-order chi connectivity index (χ1) is 5.40. The van der Waals surface area contributed by atoms with E-state index in [1.165, 1.54) is 9.71 Å². The summed E-state index contributed by atoms with van der Waals surface area (Å²) >= 11 is 1.79. The molecular formula is C10H13NS. The van der Waals surface area contributed by atoms with Crippen LogP contribution in [0.3, 0.4) is 0 Å². The summed E-state index contributed by atoms with van der Waals surface area (Å²) < 4.78 is 1.30. The van der Waals surface area contributed by atoms with Crippen LogP contribution < -0.4 is 0 Å². The number of hydrogen-bond acceptors (Lipinski definition) is 2. The molecule has 12 heavy (non-hydrogen) atoms. The maximum absolute atomic E-state index is 4.45. The van der Waals surface area contributed by atoms with Crippen molar-refractivity contribution in [3.05, 3.63) is 29.3 Å². The summed E-state index contributed by atoms with van der Waals surface area (Å²) in [7, 11) is 0. The lowest BCUT2D eigenvalue weighted by atomic mass is 10.3. The molecule has 1 heterocycles. The van der Waals surface area contributed by atoms with Gasteiger partial charge in [0.1, 0.15) is 0 Å². The van der Waals surface area contributed by atoms with Crippen molar-refractivity contribution in [2.75, 3.05) is 0 Å². The van der Waals surface area contributed by atoms with E-state index >= 15 is 0 Å². The third-order valence-corrected chi connectivity index (χ3v) is 2.82. The second kappa shape index (κ2) is 3.68. The van der Waals surface area contributed by atoms with Crippen LogP contribution in [0.4, 0.5) is 0 Å². The largest absolute Gasteiger partial charge is 0.241 e. The molecule has 2 aromatic rings. The number of nitrogens with zero attached hydrogens (tertiary/aromatic N) is 1. The van der Waals surface area contributed by atoms with Crippen LogP contribution in [0.2, 0.25) is 0 Å². The molecule has 0 amide bonds. The molecule has 0 fully saturated rings. The summed E-state index contributed by atoms with van der Waals surface area (Å²) in [5, 5.41) is 1.23. The summed E-state index contributed by atoms with van der Waals surface area (Å²) in [4.78, 5) is 4.45. The van der Waals surface area contributed by atoms with E-state index in [0.717, 1.165) is 11.9 Å². The van der Waals surface area contributed by atoms with Gasteiger partial charge in [0.2, 0.25) is 0 Å². The topological polar surface area (TPSA) is 12.9 Å². The van der Waals surface area contributed by atoms with Gasteiger partial charge in [-0.3, -0.25) is 0 Å². The van der Waals surface area contributed by atoms with Gasteiger partial charge in [-0.15, -0.1) is 11.3 Å². The summed E-state index contributed by atoms with van der Waals surface area (Å²) in [5.74, 6) is 0. The first-order valence-corrected chi connectivity index (χ1v) is 4.56. The zero-order valence-electron chi connectivity index (χ0n) is 6.37. The minimum absolute atomic E-state index is 0. The molecule has 1 aromatic carbocycles. The Balaban J connectivity index is 0.000000720. The van der Waals surface area contributed by atoms with E-state index in [2.05, 4.69) is 30.1 Å². The molecule has 0 saturated carbocycles. The van der Waals surface area contributed by atoms with Crippen molar-refractivity contribution in [3.8, 4) is 0 Å². The maximum Gasteiger partial charge on any atom is 0.0935 e. The molecule has 2 rings (SSSR count). The number of aryl methyl sites for hydroxylation is 1. The molecule has 0 unspecified atom stereocenters. The summed E-state index contributed by atoms with van der Waals surface area (Å²) in [6.45, 7) is 2.14. The van der Waals surface area contributed by atoms with Gasteiger partial charge >= 0.3 is 0 Å². The maximum atomic E-state index is 4.45. The lowest BCUT2D eigenvalue weighted by Crippen LogP contribution is -1.73. The highest BCUT2D eigenvalue weighted by Gasteiger charge is 1.98. The minimum atomic E-state index is 0. The van der Waals surface area contributed by atoms with E-state index in [9.17, 15) is 0 Å². The molecular weight excluding hydrogens is 166 g/mol. The van der Waals surface area contributed by atoms with Gasteiger partial charge < -0.3 is 0 Å². The average molecular weight is 179 g/mol. The normalized spacial score (nSPS) is 9.75. The molecule has 0 atom stereocenters. The first-order valence-electron chi connectivity index (χ1n) is 3.74. The molecule has 0 saturated heterocycles. The van der Waals surface area contributed by atoms with Crippen LogP contribution in [0.15, 0.2) is 24.3 Å². The fourth-order valence-electron chi connectivity index (χ4n) is 1.07. The number of hydrogen-bond donors (Lipinski definition) is 0. The molecule has 0 spiro atoms. The molecule has 0 aliphatic carbocycles. The summed E-state index contributed by atoms with van der Waals surface area (Å²) in [5.41, 5.74) is 1.13. The van der Waals surface area contributed by atoms with Crippen molar-refractivity contribution in [2.24, 2.45) is 0 Å². The molecule has 2 heteroatoms. The Hall–Kier alpha value is -0.890. The van der Waals surface area contributed by atoms with E-state index < -0.39 is 0 Å². The van der Waals surface area contributed by atoms with Crippen LogP contribution >= 0.6 is 11.3 Å². The number of benzene rings is 1. The van der Waals surface area contributed by atoms with Crippen molar-refractivity contribution in [1.29, 1.82) is 0 Å². The molecule has 0 radical (unpaired) electrons. The van der Waals surface area contributed by atoms with Crippen molar-refractivity contribution >= 4 is 21.6 Å². The monoisotopic (exact) mass is 179 g/mol. The van der Waals surface area contributed by atoms with Gasteiger partial charge in [-0.05, 0) is 18.6 Å².